The van der Waals surface area contributed by atoms with Gasteiger partial charge in [0.05, 0.1) is 23.4 Å². The molecule has 2 aromatic carbocycles. The number of thiocarbonyl (C=S) groups is 1. The first-order valence-electron chi connectivity index (χ1n) is 8.33. The standard InChI is InChI=1S/C19H20ClN3O2S/c1-25-17-9-5-4-8-16(17)22-10-12-23(13-11-22)19(26)21-18(24)14-6-2-3-7-15(14)20/h2-9H,10-13H2,1H3,(H,21,24,26). The third-order valence-corrected chi connectivity index (χ3v) is 5.02. The van der Waals surface area contributed by atoms with Crippen LogP contribution in [0, 0.1) is 0 Å². The van der Waals surface area contributed by atoms with Gasteiger partial charge in [-0.05, 0) is 36.5 Å². The number of anilines is 1. The predicted octanol–water partition coefficient (Wildman–Crippen LogP) is 3.19. The second-order valence-corrected chi connectivity index (χ2v) is 6.68. The Hall–Kier alpha value is -2.31. The monoisotopic (exact) mass is 389 g/mol. The van der Waals surface area contributed by atoms with Gasteiger partial charge < -0.3 is 14.5 Å². The van der Waals surface area contributed by atoms with Gasteiger partial charge >= 0.3 is 0 Å². The number of rotatable bonds is 3. The number of methoxy groups -OCH3 is 1. The molecule has 0 saturated carbocycles. The van der Waals surface area contributed by atoms with Gasteiger partial charge in [0.1, 0.15) is 5.75 Å². The fourth-order valence-corrected chi connectivity index (χ4v) is 3.43. The van der Waals surface area contributed by atoms with Crippen molar-refractivity contribution in [3.8, 4) is 5.75 Å². The van der Waals surface area contributed by atoms with E-state index in [0.717, 1.165) is 37.6 Å². The molecule has 1 N–H and O–H groups in total. The Bertz CT molecular complexity index is 807. The summed E-state index contributed by atoms with van der Waals surface area (Å²) in [4.78, 5) is 16.6. The number of carbonyl (C=O) groups is 1. The zero-order chi connectivity index (χ0) is 18.5. The molecule has 26 heavy (non-hydrogen) atoms. The Kier molecular flexibility index (Phi) is 5.96. The average molecular weight is 390 g/mol. The molecule has 0 aromatic heterocycles. The van der Waals surface area contributed by atoms with Crippen molar-refractivity contribution in [3.05, 3.63) is 59.1 Å². The van der Waals surface area contributed by atoms with Crippen LogP contribution < -0.4 is 15.0 Å². The number of hydrogen-bond acceptors (Lipinski definition) is 4. The quantitative estimate of drug-likeness (QED) is 0.817. The molecule has 136 valence electrons. The van der Waals surface area contributed by atoms with E-state index in [1.165, 1.54) is 0 Å². The fraction of sp³-hybridized carbons (Fsp3) is 0.263. The van der Waals surface area contributed by atoms with E-state index in [1.807, 2.05) is 29.2 Å². The summed E-state index contributed by atoms with van der Waals surface area (Å²) in [6.45, 7) is 3.03. The maximum Gasteiger partial charge on any atom is 0.258 e. The first kappa shape index (κ1) is 18.5. The van der Waals surface area contributed by atoms with Crippen molar-refractivity contribution in [2.75, 3.05) is 38.2 Å². The van der Waals surface area contributed by atoms with E-state index in [9.17, 15) is 4.79 Å². The molecule has 0 atom stereocenters. The molecule has 1 aliphatic rings. The number of nitrogens with one attached hydrogen (secondary N) is 1. The highest BCUT2D eigenvalue weighted by molar-refractivity contribution is 7.80. The molecule has 1 amide bonds. The summed E-state index contributed by atoms with van der Waals surface area (Å²) in [6.07, 6.45) is 0. The lowest BCUT2D eigenvalue weighted by atomic mass is 10.2. The van der Waals surface area contributed by atoms with E-state index < -0.39 is 0 Å². The Labute approximate surface area is 163 Å². The van der Waals surface area contributed by atoms with Crippen molar-refractivity contribution >= 4 is 40.5 Å². The molecule has 7 heteroatoms. The number of piperazine rings is 1. The molecule has 1 saturated heterocycles. The maximum absolute atomic E-state index is 12.4. The summed E-state index contributed by atoms with van der Waals surface area (Å²) in [6, 6.07) is 14.9. The van der Waals surface area contributed by atoms with E-state index in [2.05, 4.69) is 10.2 Å². The fourth-order valence-electron chi connectivity index (χ4n) is 2.93. The number of carbonyl (C=O) groups excluding carboxylic acids is 1. The Morgan fingerprint density at radius 1 is 1.08 bits per heavy atom. The normalized spacial score (nSPS) is 14.1. The summed E-state index contributed by atoms with van der Waals surface area (Å²) in [5.74, 6) is 0.573. The third-order valence-electron chi connectivity index (χ3n) is 4.33. The van der Waals surface area contributed by atoms with Crippen LogP contribution in [0.5, 0.6) is 5.75 Å². The summed E-state index contributed by atoms with van der Waals surface area (Å²) >= 11 is 11.5. The van der Waals surface area contributed by atoms with Gasteiger partial charge in [-0.15, -0.1) is 0 Å². The highest BCUT2D eigenvalue weighted by Gasteiger charge is 2.22. The summed E-state index contributed by atoms with van der Waals surface area (Å²) < 4.78 is 5.44. The van der Waals surface area contributed by atoms with Gasteiger partial charge in [-0.2, -0.15) is 0 Å². The molecule has 1 fully saturated rings. The number of nitrogens with zero attached hydrogens (tertiary/aromatic N) is 2. The van der Waals surface area contributed by atoms with Gasteiger partial charge in [0.25, 0.3) is 5.91 Å². The van der Waals surface area contributed by atoms with Crippen LogP contribution in [0.15, 0.2) is 48.5 Å². The largest absolute Gasteiger partial charge is 0.495 e. The average Bonchev–Trinajstić information content (AvgIpc) is 2.68. The number of para-hydroxylation sites is 2. The zero-order valence-corrected chi connectivity index (χ0v) is 16.0. The lowest BCUT2D eigenvalue weighted by Crippen LogP contribution is -2.52. The van der Waals surface area contributed by atoms with E-state index >= 15 is 0 Å². The van der Waals surface area contributed by atoms with Gasteiger partial charge in [0.15, 0.2) is 5.11 Å². The van der Waals surface area contributed by atoms with Gasteiger partial charge in [0.2, 0.25) is 0 Å². The molecule has 0 bridgehead atoms. The van der Waals surface area contributed by atoms with Crippen molar-refractivity contribution in [2.45, 2.75) is 0 Å². The van der Waals surface area contributed by atoms with E-state index in [4.69, 9.17) is 28.6 Å². The Morgan fingerprint density at radius 3 is 2.42 bits per heavy atom. The van der Waals surface area contributed by atoms with Crippen LogP contribution in [0.3, 0.4) is 0 Å². The molecule has 1 heterocycles. The van der Waals surface area contributed by atoms with Gasteiger partial charge in [0, 0.05) is 26.2 Å². The SMILES string of the molecule is COc1ccccc1N1CCN(C(=S)NC(=O)c2ccccc2Cl)CC1. The number of benzene rings is 2. The maximum atomic E-state index is 12.4. The van der Waals surface area contributed by atoms with Crippen LogP contribution in [0.1, 0.15) is 10.4 Å². The van der Waals surface area contributed by atoms with Crippen molar-refractivity contribution in [2.24, 2.45) is 0 Å². The second kappa shape index (κ2) is 8.38. The smallest absolute Gasteiger partial charge is 0.258 e. The van der Waals surface area contributed by atoms with Gasteiger partial charge in [-0.25, -0.2) is 0 Å². The van der Waals surface area contributed by atoms with E-state index in [1.54, 1.807) is 31.4 Å². The van der Waals surface area contributed by atoms with Crippen LogP contribution in [0.2, 0.25) is 5.02 Å². The minimum Gasteiger partial charge on any atom is -0.495 e. The predicted molar refractivity (Wildman–Crippen MR) is 108 cm³/mol. The van der Waals surface area contributed by atoms with Crippen LogP contribution in [-0.4, -0.2) is 49.2 Å². The molecule has 0 unspecified atom stereocenters. The topological polar surface area (TPSA) is 44.8 Å². The molecular weight excluding hydrogens is 370 g/mol. The number of hydrogen-bond donors (Lipinski definition) is 1. The molecule has 1 aliphatic heterocycles. The van der Waals surface area contributed by atoms with Crippen LogP contribution in [-0.2, 0) is 0 Å². The minimum atomic E-state index is -0.284. The zero-order valence-electron chi connectivity index (χ0n) is 14.4. The van der Waals surface area contributed by atoms with Gasteiger partial charge in [-0.1, -0.05) is 35.9 Å². The molecular formula is C19H20ClN3O2S. The van der Waals surface area contributed by atoms with Crippen molar-refractivity contribution in [3.63, 3.8) is 0 Å². The third kappa shape index (κ3) is 4.08. The van der Waals surface area contributed by atoms with Gasteiger partial charge in [-0.3, -0.25) is 10.1 Å². The molecule has 0 radical (unpaired) electrons. The van der Waals surface area contributed by atoms with Crippen LogP contribution in [0.25, 0.3) is 0 Å². The molecule has 0 spiro atoms. The van der Waals surface area contributed by atoms with Crippen LogP contribution in [0.4, 0.5) is 5.69 Å². The number of halogens is 1. The molecule has 0 aliphatic carbocycles. The molecule has 5 nitrogen and oxygen atoms in total. The Morgan fingerprint density at radius 2 is 1.73 bits per heavy atom. The molecule has 2 aromatic rings. The van der Waals surface area contributed by atoms with E-state index in [-0.39, 0.29) is 5.91 Å². The lowest BCUT2D eigenvalue weighted by Gasteiger charge is -2.37. The number of ether oxygens (including phenoxy) is 1. The highest BCUT2D eigenvalue weighted by atomic mass is 35.5. The summed E-state index contributed by atoms with van der Waals surface area (Å²) in [5.41, 5.74) is 1.49. The highest BCUT2D eigenvalue weighted by Crippen LogP contribution is 2.28. The van der Waals surface area contributed by atoms with Crippen LogP contribution >= 0.6 is 23.8 Å². The summed E-state index contributed by atoms with van der Waals surface area (Å²) in [7, 11) is 1.68. The van der Waals surface area contributed by atoms with Crippen molar-refractivity contribution < 1.29 is 9.53 Å². The van der Waals surface area contributed by atoms with Crippen molar-refractivity contribution in [1.29, 1.82) is 0 Å². The Balaban J connectivity index is 1.59. The first-order chi connectivity index (χ1) is 12.6. The second-order valence-electron chi connectivity index (χ2n) is 5.89. The van der Waals surface area contributed by atoms with Crippen molar-refractivity contribution in [1.82, 2.24) is 10.2 Å². The first-order valence-corrected chi connectivity index (χ1v) is 9.11. The minimum absolute atomic E-state index is 0.284. The molecule has 3 rings (SSSR count). The number of amides is 1. The lowest BCUT2D eigenvalue weighted by molar-refractivity contribution is 0.0973. The van der Waals surface area contributed by atoms with E-state index in [0.29, 0.717) is 15.7 Å². The summed E-state index contributed by atoms with van der Waals surface area (Å²) in [5, 5.41) is 3.61.